The van der Waals surface area contributed by atoms with Gasteiger partial charge < -0.3 is 15.4 Å². The minimum atomic E-state index is -0.493. The Bertz CT molecular complexity index is 1140. The van der Waals surface area contributed by atoms with Crippen molar-refractivity contribution in [2.45, 2.75) is 13.0 Å². The molecular formula is C23H19ClN4O3. The van der Waals surface area contributed by atoms with Gasteiger partial charge in [-0.2, -0.15) is 5.26 Å². The zero-order chi connectivity index (χ0) is 22.2. The largest absolute Gasteiger partial charge is 0.465 e. The van der Waals surface area contributed by atoms with Crippen LogP contribution in [0.25, 0.3) is 11.1 Å². The highest BCUT2D eigenvalue weighted by Gasteiger charge is 2.17. The molecule has 2 aromatic carbocycles. The standard InChI is InChI=1S/C23H19ClN4O3/c1-31-23(30)21-17(4-2-5-18(21)24)16-9-7-15(8-10-16)14-27-22-19(6-3-13-26-22)28-20(29)11-12-25/h2-10,13H,11,14H2,1H3,(H,26,27)(H,28,29). The molecule has 31 heavy (non-hydrogen) atoms. The first-order valence-corrected chi connectivity index (χ1v) is 9.73. The van der Waals surface area contributed by atoms with E-state index in [2.05, 4.69) is 15.6 Å². The molecule has 3 aromatic rings. The lowest BCUT2D eigenvalue weighted by atomic mass is 9.98. The van der Waals surface area contributed by atoms with Crippen molar-refractivity contribution < 1.29 is 14.3 Å². The summed E-state index contributed by atoms with van der Waals surface area (Å²) < 4.78 is 4.86. The zero-order valence-corrected chi connectivity index (χ0v) is 17.4. The van der Waals surface area contributed by atoms with E-state index in [4.69, 9.17) is 21.6 Å². The summed E-state index contributed by atoms with van der Waals surface area (Å²) in [6.07, 6.45) is 1.38. The number of aromatic nitrogens is 1. The number of methoxy groups -OCH3 is 1. The molecule has 0 saturated carbocycles. The van der Waals surface area contributed by atoms with Crippen molar-refractivity contribution in [2.24, 2.45) is 0 Å². The van der Waals surface area contributed by atoms with Crippen LogP contribution in [0, 0.1) is 11.3 Å². The van der Waals surface area contributed by atoms with Gasteiger partial charge in [-0.1, -0.05) is 48.0 Å². The van der Waals surface area contributed by atoms with Gasteiger partial charge in [-0.05, 0) is 34.9 Å². The molecule has 156 valence electrons. The van der Waals surface area contributed by atoms with Crippen molar-refractivity contribution in [1.29, 1.82) is 5.26 Å². The number of pyridine rings is 1. The van der Waals surface area contributed by atoms with Crippen LogP contribution in [0.15, 0.2) is 60.8 Å². The van der Waals surface area contributed by atoms with Gasteiger partial charge in [0.1, 0.15) is 12.2 Å². The Balaban J connectivity index is 1.75. The Morgan fingerprint density at radius 2 is 1.90 bits per heavy atom. The molecule has 8 heteroatoms. The molecular weight excluding hydrogens is 416 g/mol. The molecule has 0 aliphatic carbocycles. The van der Waals surface area contributed by atoms with E-state index in [1.165, 1.54) is 7.11 Å². The Morgan fingerprint density at radius 1 is 1.13 bits per heavy atom. The molecule has 0 aliphatic rings. The maximum Gasteiger partial charge on any atom is 0.340 e. The van der Waals surface area contributed by atoms with Crippen LogP contribution in [0.5, 0.6) is 0 Å². The molecule has 1 heterocycles. The molecule has 7 nitrogen and oxygen atoms in total. The number of anilines is 2. The average Bonchev–Trinajstić information content (AvgIpc) is 2.78. The summed E-state index contributed by atoms with van der Waals surface area (Å²) in [7, 11) is 1.32. The van der Waals surface area contributed by atoms with E-state index in [1.807, 2.05) is 36.4 Å². The zero-order valence-electron chi connectivity index (χ0n) is 16.7. The van der Waals surface area contributed by atoms with Gasteiger partial charge in [0.05, 0.1) is 29.5 Å². The van der Waals surface area contributed by atoms with Crippen molar-refractivity contribution in [3.8, 4) is 17.2 Å². The monoisotopic (exact) mass is 434 g/mol. The molecule has 0 fully saturated rings. The summed E-state index contributed by atoms with van der Waals surface area (Å²) in [6, 6.07) is 18.1. The number of esters is 1. The number of carbonyl (C=O) groups is 2. The van der Waals surface area contributed by atoms with Crippen LogP contribution in [0.2, 0.25) is 5.02 Å². The predicted octanol–water partition coefficient (Wildman–Crippen LogP) is 4.65. The van der Waals surface area contributed by atoms with Gasteiger partial charge in [0.25, 0.3) is 0 Å². The molecule has 1 amide bonds. The van der Waals surface area contributed by atoms with Crippen LogP contribution in [0.3, 0.4) is 0 Å². The molecule has 3 rings (SSSR count). The molecule has 0 saturated heterocycles. The highest BCUT2D eigenvalue weighted by atomic mass is 35.5. The topological polar surface area (TPSA) is 104 Å². The minimum Gasteiger partial charge on any atom is -0.465 e. The molecule has 0 radical (unpaired) electrons. The van der Waals surface area contributed by atoms with E-state index in [-0.39, 0.29) is 6.42 Å². The summed E-state index contributed by atoms with van der Waals surface area (Å²) in [4.78, 5) is 28.1. The molecule has 0 spiro atoms. The second-order valence-electron chi connectivity index (χ2n) is 6.49. The number of nitrogens with one attached hydrogen (secondary N) is 2. The van der Waals surface area contributed by atoms with Crippen LogP contribution in [-0.2, 0) is 16.1 Å². The van der Waals surface area contributed by atoms with Gasteiger partial charge in [0.2, 0.25) is 5.91 Å². The van der Waals surface area contributed by atoms with Gasteiger partial charge in [-0.15, -0.1) is 0 Å². The van der Waals surface area contributed by atoms with Crippen molar-refractivity contribution in [2.75, 3.05) is 17.7 Å². The molecule has 1 aromatic heterocycles. The summed E-state index contributed by atoms with van der Waals surface area (Å²) in [5, 5.41) is 14.8. The van der Waals surface area contributed by atoms with Crippen LogP contribution in [-0.4, -0.2) is 24.0 Å². The summed E-state index contributed by atoms with van der Waals surface area (Å²) in [5.74, 6) is -0.390. The summed E-state index contributed by atoms with van der Waals surface area (Å²) >= 11 is 6.21. The van der Waals surface area contributed by atoms with Crippen LogP contribution >= 0.6 is 11.6 Å². The van der Waals surface area contributed by atoms with E-state index in [9.17, 15) is 9.59 Å². The number of nitriles is 1. The Labute approximate surface area is 184 Å². The van der Waals surface area contributed by atoms with Crippen molar-refractivity contribution in [3.63, 3.8) is 0 Å². The maximum atomic E-state index is 12.1. The fraction of sp³-hybridized carbons (Fsp3) is 0.130. The minimum absolute atomic E-state index is 0.229. The molecule has 0 unspecified atom stereocenters. The Morgan fingerprint density at radius 3 is 2.61 bits per heavy atom. The van der Waals surface area contributed by atoms with E-state index >= 15 is 0 Å². The van der Waals surface area contributed by atoms with Crippen molar-refractivity contribution in [1.82, 2.24) is 4.98 Å². The fourth-order valence-corrected chi connectivity index (χ4v) is 3.23. The SMILES string of the molecule is COC(=O)c1c(Cl)cccc1-c1ccc(CNc2ncccc2NC(=O)CC#N)cc1. The lowest BCUT2D eigenvalue weighted by molar-refractivity contribution is -0.115. The number of hydrogen-bond acceptors (Lipinski definition) is 6. The van der Waals surface area contributed by atoms with E-state index in [1.54, 1.807) is 30.5 Å². The number of nitrogens with zero attached hydrogens (tertiary/aromatic N) is 2. The third-order valence-electron chi connectivity index (χ3n) is 4.45. The van der Waals surface area contributed by atoms with Gasteiger partial charge >= 0.3 is 5.97 Å². The first-order chi connectivity index (χ1) is 15.0. The normalized spacial score (nSPS) is 10.1. The van der Waals surface area contributed by atoms with Crippen LogP contribution in [0.1, 0.15) is 22.3 Å². The van der Waals surface area contributed by atoms with Crippen LogP contribution < -0.4 is 10.6 Å². The molecule has 0 bridgehead atoms. The van der Waals surface area contributed by atoms with Gasteiger partial charge in [-0.3, -0.25) is 4.79 Å². The number of benzene rings is 2. The molecule has 0 aliphatic heterocycles. The number of hydrogen-bond donors (Lipinski definition) is 2. The third kappa shape index (κ3) is 5.38. The van der Waals surface area contributed by atoms with Crippen LogP contribution in [0.4, 0.5) is 11.5 Å². The van der Waals surface area contributed by atoms with Gasteiger partial charge in [0.15, 0.2) is 0 Å². The fourth-order valence-electron chi connectivity index (χ4n) is 2.98. The highest BCUT2D eigenvalue weighted by molar-refractivity contribution is 6.34. The van der Waals surface area contributed by atoms with E-state index < -0.39 is 11.9 Å². The van der Waals surface area contributed by atoms with Gasteiger partial charge in [-0.25, -0.2) is 9.78 Å². The Kier molecular flexibility index (Phi) is 7.20. The quantitative estimate of drug-likeness (QED) is 0.524. The lowest BCUT2D eigenvalue weighted by Gasteiger charge is -2.13. The van der Waals surface area contributed by atoms with Crippen molar-refractivity contribution >= 4 is 35.0 Å². The second kappa shape index (κ2) is 10.2. The molecule has 0 atom stereocenters. The number of rotatable bonds is 7. The number of carbonyl (C=O) groups excluding carboxylic acids is 2. The van der Waals surface area contributed by atoms with E-state index in [0.29, 0.717) is 34.2 Å². The number of ether oxygens (including phenoxy) is 1. The smallest absolute Gasteiger partial charge is 0.340 e. The molecule has 2 N–H and O–H groups in total. The average molecular weight is 435 g/mol. The first kappa shape index (κ1) is 21.8. The second-order valence-corrected chi connectivity index (χ2v) is 6.89. The lowest BCUT2D eigenvalue weighted by Crippen LogP contribution is -2.13. The number of halogens is 1. The van der Waals surface area contributed by atoms with E-state index in [0.717, 1.165) is 11.1 Å². The predicted molar refractivity (Wildman–Crippen MR) is 119 cm³/mol. The maximum absolute atomic E-state index is 12.1. The van der Waals surface area contributed by atoms with Crippen molar-refractivity contribution in [3.05, 3.63) is 76.9 Å². The first-order valence-electron chi connectivity index (χ1n) is 9.35. The van der Waals surface area contributed by atoms with Gasteiger partial charge in [0, 0.05) is 12.7 Å². The Hall–Kier alpha value is -3.89. The number of amides is 1. The highest BCUT2D eigenvalue weighted by Crippen LogP contribution is 2.30. The third-order valence-corrected chi connectivity index (χ3v) is 4.76. The summed E-state index contributed by atoms with van der Waals surface area (Å²) in [6.45, 7) is 0.456. The summed E-state index contributed by atoms with van der Waals surface area (Å²) in [5.41, 5.74) is 3.30.